The van der Waals surface area contributed by atoms with Gasteiger partial charge in [0.05, 0.1) is 13.1 Å². The predicted octanol–water partition coefficient (Wildman–Crippen LogP) is 2.34. The van der Waals surface area contributed by atoms with Gasteiger partial charge in [-0.05, 0) is 22.9 Å². The van der Waals surface area contributed by atoms with Gasteiger partial charge in [0.1, 0.15) is 6.10 Å². The average Bonchev–Trinajstić information content (AvgIpc) is 3.05. The molecule has 2 amide bonds. The number of hydrogen-bond donors (Lipinski definition) is 3. The second-order valence-electron chi connectivity index (χ2n) is 3.67. The van der Waals surface area contributed by atoms with Gasteiger partial charge in [-0.25, -0.2) is 4.79 Å². The summed E-state index contributed by atoms with van der Waals surface area (Å²) >= 11 is 3.07. The van der Waals surface area contributed by atoms with Crippen molar-refractivity contribution in [2.24, 2.45) is 0 Å². The molecule has 4 nitrogen and oxygen atoms in total. The molecule has 0 bridgehead atoms. The third-order valence-electron chi connectivity index (χ3n) is 2.33. The Morgan fingerprint density at radius 2 is 2.00 bits per heavy atom. The maximum Gasteiger partial charge on any atom is 0.315 e. The lowest BCUT2D eigenvalue weighted by molar-refractivity contribution is 0.176. The Morgan fingerprint density at radius 1 is 1.22 bits per heavy atom. The number of nitrogens with one attached hydrogen (secondary N) is 2. The number of urea groups is 1. The highest BCUT2D eigenvalue weighted by molar-refractivity contribution is 7.10. The van der Waals surface area contributed by atoms with Gasteiger partial charge in [0.25, 0.3) is 0 Å². The normalized spacial score (nSPS) is 12.1. The van der Waals surface area contributed by atoms with Crippen LogP contribution in [0.4, 0.5) is 4.79 Å². The minimum atomic E-state index is -0.641. The largest absolute Gasteiger partial charge is 0.386 e. The molecule has 2 rings (SSSR count). The molecule has 2 aromatic heterocycles. The van der Waals surface area contributed by atoms with Crippen LogP contribution in [0.2, 0.25) is 0 Å². The summed E-state index contributed by atoms with van der Waals surface area (Å²) < 4.78 is 0. The van der Waals surface area contributed by atoms with Crippen LogP contribution in [0.5, 0.6) is 0 Å². The third-order valence-corrected chi connectivity index (χ3v) is 4.18. The lowest BCUT2D eigenvalue weighted by Gasteiger charge is -2.10. The number of carbonyl (C=O) groups excluding carboxylic acids is 1. The molecule has 0 fully saturated rings. The summed E-state index contributed by atoms with van der Waals surface area (Å²) in [5.41, 5.74) is 0. The Balaban J connectivity index is 1.68. The van der Waals surface area contributed by atoms with Gasteiger partial charge in [0.2, 0.25) is 0 Å². The number of aliphatic hydroxyl groups is 1. The van der Waals surface area contributed by atoms with Crippen molar-refractivity contribution in [3.8, 4) is 0 Å². The number of amides is 2. The molecule has 2 aromatic rings. The molecule has 0 unspecified atom stereocenters. The quantitative estimate of drug-likeness (QED) is 0.788. The summed E-state index contributed by atoms with van der Waals surface area (Å²) in [6.45, 7) is 0.732. The van der Waals surface area contributed by atoms with E-state index in [9.17, 15) is 9.90 Å². The highest BCUT2D eigenvalue weighted by Crippen LogP contribution is 2.17. The minimum absolute atomic E-state index is 0.219. The van der Waals surface area contributed by atoms with Gasteiger partial charge in [-0.2, -0.15) is 0 Å². The van der Waals surface area contributed by atoms with E-state index in [1.807, 2.05) is 35.0 Å². The molecule has 18 heavy (non-hydrogen) atoms. The van der Waals surface area contributed by atoms with Gasteiger partial charge in [-0.1, -0.05) is 12.1 Å². The summed E-state index contributed by atoms with van der Waals surface area (Å²) in [7, 11) is 0. The number of thiophene rings is 2. The second kappa shape index (κ2) is 6.53. The lowest BCUT2D eigenvalue weighted by atomic mass is 10.3. The van der Waals surface area contributed by atoms with Crippen molar-refractivity contribution in [1.29, 1.82) is 0 Å². The Labute approximate surface area is 113 Å². The molecule has 3 N–H and O–H groups in total. The standard InChI is InChI=1S/C12H14N2O2S2/c15-10(11-4-2-6-18-11)8-14-12(16)13-7-9-3-1-5-17-9/h1-6,10,15H,7-8H2,(H2,13,14,16)/t10-/m0/s1. The maximum atomic E-state index is 11.5. The van der Waals surface area contributed by atoms with E-state index in [4.69, 9.17) is 0 Å². The zero-order valence-electron chi connectivity index (χ0n) is 9.63. The number of rotatable bonds is 5. The molecule has 96 valence electrons. The van der Waals surface area contributed by atoms with Crippen molar-refractivity contribution < 1.29 is 9.90 Å². The van der Waals surface area contributed by atoms with Crippen molar-refractivity contribution in [1.82, 2.24) is 10.6 Å². The first-order valence-electron chi connectivity index (χ1n) is 5.51. The number of carbonyl (C=O) groups is 1. The van der Waals surface area contributed by atoms with E-state index in [0.29, 0.717) is 6.54 Å². The monoisotopic (exact) mass is 282 g/mol. The van der Waals surface area contributed by atoms with Gasteiger partial charge in [-0.15, -0.1) is 22.7 Å². The predicted molar refractivity (Wildman–Crippen MR) is 73.8 cm³/mol. The van der Waals surface area contributed by atoms with Crippen molar-refractivity contribution in [2.75, 3.05) is 6.54 Å². The zero-order chi connectivity index (χ0) is 12.8. The van der Waals surface area contributed by atoms with Crippen LogP contribution < -0.4 is 10.6 Å². The van der Waals surface area contributed by atoms with Crippen LogP contribution in [0.25, 0.3) is 0 Å². The van der Waals surface area contributed by atoms with Gasteiger partial charge >= 0.3 is 6.03 Å². The van der Waals surface area contributed by atoms with E-state index in [1.165, 1.54) is 11.3 Å². The summed E-state index contributed by atoms with van der Waals surface area (Å²) in [5.74, 6) is 0. The molecule has 0 aliphatic heterocycles. The van der Waals surface area contributed by atoms with E-state index < -0.39 is 6.10 Å². The molecule has 0 aliphatic rings. The molecule has 2 heterocycles. The van der Waals surface area contributed by atoms with Crippen LogP contribution >= 0.6 is 22.7 Å². The van der Waals surface area contributed by atoms with Crippen LogP contribution in [0.15, 0.2) is 35.0 Å². The van der Waals surface area contributed by atoms with E-state index >= 15 is 0 Å². The van der Waals surface area contributed by atoms with Crippen molar-refractivity contribution in [2.45, 2.75) is 12.6 Å². The smallest absolute Gasteiger partial charge is 0.315 e. The Kier molecular flexibility index (Phi) is 4.74. The number of hydrogen-bond acceptors (Lipinski definition) is 4. The number of aliphatic hydroxyl groups excluding tert-OH is 1. The first-order valence-corrected chi connectivity index (χ1v) is 7.27. The van der Waals surface area contributed by atoms with E-state index in [0.717, 1.165) is 9.75 Å². The molecule has 0 saturated carbocycles. The van der Waals surface area contributed by atoms with Gasteiger partial charge in [-0.3, -0.25) is 0 Å². The second-order valence-corrected chi connectivity index (χ2v) is 5.69. The Bertz CT molecular complexity index is 468. The summed E-state index contributed by atoms with van der Waals surface area (Å²) in [6, 6.07) is 7.37. The summed E-state index contributed by atoms with van der Waals surface area (Å²) in [4.78, 5) is 13.4. The van der Waals surface area contributed by atoms with Crippen molar-refractivity contribution in [3.63, 3.8) is 0 Å². The average molecular weight is 282 g/mol. The molecule has 0 spiro atoms. The maximum absolute atomic E-state index is 11.5. The van der Waals surface area contributed by atoms with Gasteiger partial charge < -0.3 is 15.7 Å². The van der Waals surface area contributed by atoms with E-state index in [2.05, 4.69) is 10.6 Å². The molecular weight excluding hydrogens is 268 g/mol. The molecule has 0 aromatic carbocycles. The van der Waals surface area contributed by atoms with Gasteiger partial charge in [0.15, 0.2) is 0 Å². The zero-order valence-corrected chi connectivity index (χ0v) is 11.3. The highest BCUT2D eigenvalue weighted by Gasteiger charge is 2.09. The Morgan fingerprint density at radius 3 is 2.67 bits per heavy atom. The highest BCUT2D eigenvalue weighted by atomic mass is 32.1. The fourth-order valence-electron chi connectivity index (χ4n) is 1.41. The molecular formula is C12H14N2O2S2. The van der Waals surface area contributed by atoms with Crippen LogP contribution in [-0.2, 0) is 6.54 Å². The first-order chi connectivity index (χ1) is 8.75. The summed E-state index contributed by atoms with van der Waals surface area (Å²) in [5, 5.41) is 19.0. The topological polar surface area (TPSA) is 61.4 Å². The van der Waals surface area contributed by atoms with Crippen LogP contribution in [0, 0.1) is 0 Å². The molecule has 0 radical (unpaired) electrons. The molecule has 1 atom stereocenters. The molecule has 0 aliphatic carbocycles. The third kappa shape index (κ3) is 3.83. The van der Waals surface area contributed by atoms with Crippen LogP contribution in [-0.4, -0.2) is 17.7 Å². The van der Waals surface area contributed by atoms with Crippen molar-refractivity contribution >= 4 is 28.7 Å². The van der Waals surface area contributed by atoms with E-state index in [1.54, 1.807) is 11.3 Å². The molecule has 6 heteroatoms. The first kappa shape index (κ1) is 13.1. The molecule has 0 saturated heterocycles. The lowest BCUT2D eigenvalue weighted by Crippen LogP contribution is -2.37. The Hall–Kier alpha value is -1.37. The minimum Gasteiger partial charge on any atom is -0.386 e. The fraction of sp³-hybridized carbons (Fsp3) is 0.250. The SMILES string of the molecule is O=C(NCc1cccs1)NC[C@H](O)c1cccs1. The van der Waals surface area contributed by atoms with Gasteiger partial charge in [0, 0.05) is 9.75 Å². The van der Waals surface area contributed by atoms with Crippen LogP contribution in [0.3, 0.4) is 0 Å². The summed E-state index contributed by atoms with van der Waals surface area (Å²) in [6.07, 6.45) is -0.641. The van der Waals surface area contributed by atoms with E-state index in [-0.39, 0.29) is 12.6 Å². The fourth-order valence-corrected chi connectivity index (χ4v) is 2.77. The van der Waals surface area contributed by atoms with Crippen molar-refractivity contribution in [3.05, 3.63) is 44.8 Å². The van der Waals surface area contributed by atoms with Crippen LogP contribution in [0.1, 0.15) is 15.9 Å².